The number of nitrogens with zero attached hydrogens (tertiary/aromatic N) is 3. The molecule has 6 heteroatoms. The summed E-state index contributed by atoms with van der Waals surface area (Å²) >= 11 is 0. The van der Waals surface area contributed by atoms with Gasteiger partial charge >= 0.3 is 6.01 Å². The third kappa shape index (κ3) is 4.19. The first-order valence-electron chi connectivity index (χ1n) is 8.66. The summed E-state index contributed by atoms with van der Waals surface area (Å²) in [4.78, 5) is 24.6. The van der Waals surface area contributed by atoms with Crippen LogP contribution in [0.15, 0.2) is 85.3 Å². The number of fused-ring (bicyclic) bond motifs is 1. The van der Waals surface area contributed by atoms with E-state index in [4.69, 9.17) is 4.74 Å². The highest BCUT2D eigenvalue weighted by atomic mass is 16.5. The normalized spacial score (nSPS) is 10.9. The van der Waals surface area contributed by atoms with E-state index in [2.05, 4.69) is 20.3 Å². The smallest absolute Gasteiger partial charge is 0.321 e. The Morgan fingerprint density at radius 3 is 2.46 bits per heavy atom. The van der Waals surface area contributed by atoms with Gasteiger partial charge in [0.15, 0.2) is 0 Å². The number of para-hydroxylation sites is 1. The second kappa shape index (κ2) is 8.09. The molecule has 1 N–H and O–H groups in total. The first-order valence-corrected chi connectivity index (χ1v) is 8.66. The number of amides is 1. The van der Waals surface area contributed by atoms with Gasteiger partial charge in [0.25, 0.3) is 0 Å². The van der Waals surface area contributed by atoms with Gasteiger partial charge in [-0.2, -0.15) is 0 Å². The van der Waals surface area contributed by atoms with Crippen LogP contribution in [-0.2, 0) is 4.79 Å². The number of aromatic nitrogens is 3. The van der Waals surface area contributed by atoms with E-state index in [1.807, 2.05) is 30.3 Å². The molecule has 28 heavy (non-hydrogen) atoms. The predicted molar refractivity (Wildman–Crippen MR) is 108 cm³/mol. The summed E-state index contributed by atoms with van der Waals surface area (Å²) in [7, 11) is 0. The van der Waals surface area contributed by atoms with E-state index in [0.29, 0.717) is 11.4 Å². The number of rotatable bonds is 5. The molecule has 0 aliphatic heterocycles. The van der Waals surface area contributed by atoms with Gasteiger partial charge in [0.05, 0.1) is 5.52 Å². The topological polar surface area (TPSA) is 77.0 Å². The third-order valence-corrected chi connectivity index (χ3v) is 3.97. The van der Waals surface area contributed by atoms with Crippen LogP contribution >= 0.6 is 0 Å². The zero-order valence-corrected chi connectivity index (χ0v) is 14.8. The second-order valence-electron chi connectivity index (χ2n) is 5.90. The fraction of sp³-hybridized carbons (Fsp3) is 0. The van der Waals surface area contributed by atoms with Crippen molar-refractivity contribution < 1.29 is 9.53 Å². The highest BCUT2D eigenvalue weighted by molar-refractivity contribution is 6.03. The van der Waals surface area contributed by atoms with Crippen molar-refractivity contribution in [1.82, 2.24) is 15.0 Å². The lowest BCUT2D eigenvalue weighted by atomic mass is 10.1. The lowest BCUT2D eigenvalue weighted by Crippen LogP contribution is -2.07. The van der Waals surface area contributed by atoms with E-state index in [0.717, 1.165) is 16.5 Å². The van der Waals surface area contributed by atoms with Crippen molar-refractivity contribution in [2.45, 2.75) is 0 Å². The van der Waals surface area contributed by atoms with Gasteiger partial charge in [-0.05, 0) is 54.1 Å². The van der Waals surface area contributed by atoms with Crippen molar-refractivity contribution in [2.75, 3.05) is 5.32 Å². The average molecular weight is 368 g/mol. The van der Waals surface area contributed by atoms with Crippen molar-refractivity contribution in [3.05, 3.63) is 90.9 Å². The summed E-state index contributed by atoms with van der Waals surface area (Å²) < 4.78 is 5.53. The minimum Gasteiger partial charge on any atom is -0.424 e. The van der Waals surface area contributed by atoms with Crippen molar-refractivity contribution in [2.24, 2.45) is 0 Å². The lowest BCUT2D eigenvalue weighted by molar-refractivity contribution is -0.111. The SMILES string of the molecule is O=C(C=Cc1ccnc2ccccc12)Nc1ccc(Oc2ncccn2)cc1. The molecule has 6 nitrogen and oxygen atoms in total. The Balaban J connectivity index is 1.41. The van der Waals surface area contributed by atoms with Crippen LogP contribution in [0.4, 0.5) is 5.69 Å². The van der Waals surface area contributed by atoms with E-state index in [-0.39, 0.29) is 11.9 Å². The van der Waals surface area contributed by atoms with Crippen LogP contribution in [0.3, 0.4) is 0 Å². The summed E-state index contributed by atoms with van der Waals surface area (Å²) in [5.41, 5.74) is 2.49. The highest BCUT2D eigenvalue weighted by Crippen LogP contribution is 2.20. The molecule has 136 valence electrons. The molecule has 0 fully saturated rings. The molecule has 2 aromatic carbocycles. The Morgan fingerprint density at radius 2 is 1.64 bits per heavy atom. The summed E-state index contributed by atoms with van der Waals surface area (Å²) in [6.45, 7) is 0. The number of ether oxygens (including phenoxy) is 1. The largest absolute Gasteiger partial charge is 0.424 e. The summed E-state index contributed by atoms with van der Waals surface area (Å²) in [6, 6.07) is 18.7. The first-order chi connectivity index (χ1) is 13.8. The molecular weight excluding hydrogens is 352 g/mol. The molecule has 0 atom stereocenters. The summed E-state index contributed by atoms with van der Waals surface area (Å²) in [6.07, 6.45) is 8.23. The number of carbonyl (C=O) groups is 1. The molecule has 0 saturated carbocycles. The Labute approximate surface area is 161 Å². The van der Waals surface area contributed by atoms with E-state index in [1.54, 1.807) is 55.0 Å². The molecular formula is C22H16N4O2. The maximum atomic E-state index is 12.2. The van der Waals surface area contributed by atoms with E-state index < -0.39 is 0 Å². The molecule has 0 saturated heterocycles. The highest BCUT2D eigenvalue weighted by Gasteiger charge is 2.03. The van der Waals surface area contributed by atoms with E-state index in [9.17, 15) is 4.79 Å². The standard InChI is InChI=1S/C22H16N4O2/c27-21(11-6-16-12-15-23-20-5-2-1-4-19(16)20)26-17-7-9-18(10-8-17)28-22-24-13-3-14-25-22/h1-15H,(H,26,27). The number of nitrogens with one attached hydrogen (secondary N) is 1. The van der Waals surface area contributed by atoms with Crippen LogP contribution in [0.1, 0.15) is 5.56 Å². The van der Waals surface area contributed by atoms with E-state index in [1.165, 1.54) is 6.08 Å². The van der Waals surface area contributed by atoms with Crippen LogP contribution in [0, 0.1) is 0 Å². The molecule has 0 aliphatic rings. The number of carbonyl (C=O) groups excluding carboxylic acids is 1. The fourth-order valence-electron chi connectivity index (χ4n) is 2.66. The van der Waals surface area contributed by atoms with Gasteiger partial charge in [-0.15, -0.1) is 0 Å². The minimum atomic E-state index is -0.221. The Bertz CT molecular complexity index is 1120. The Morgan fingerprint density at radius 1 is 0.857 bits per heavy atom. The second-order valence-corrected chi connectivity index (χ2v) is 5.90. The molecule has 0 bridgehead atoms. The quantitative estimate of drug-likeness (QED) is 0.526. The molecule has 0 radical (unpaired) electrons. The molecule has 1 amide bonds. The minimum absolute atomic E-state index is 0.221. The van der Waals surface area contributed by atoms with Gasteiger partial charge in [0.2, 0.25) is 5.91 Å². The van der Waals surface area contributed by atoms with Gasteiger partial charge in [-0.25, -0.2) is 9.97 Å². The van der Waals surface area contributed by atoms with Crippen molar-refractivity contribution in [3.63, 3.8) is 0 Å². The number of pyridine rings is 1. The molecule has 2 aromatic heterocycles. The number of anilines is 1. The Kier molecular flexibility index (Phi) is 5.02. The third-order valence-electron chi connectivity index (χ3n) is 3.97. The van der Waals surface area contributed by atoms with Crippen LogP contribution in [0.5, 0.6) is 11.8 Å². The van der Waals surface area contributed by atoms with Crippen molar-refractivity contribution >= 4 is 28.6 Å². The molecule has 0 aliphatic carbocycles. The maximum Gasteiger partial charge on any atom is 0.321 e. The zero-order valence-electron chi connectivity index (χ0n) is 14.8. The van der Waals surface area contributed by atoms with Crippen LogP contribution in [0.2, 0.25) is 0 Å². The molecule has 4 aromatic rings. The predicted octanol–water partition coefficient (Wildman–Crippen LogP) is 4.47. The number of hydrogen-bond acceptors (Lipinski definition) is 5. The van der Waals surface area contributed by atoms with Gasteiger partial charge in [-0.3, -0.25) is 9.78 Å². The first kappa shape index (κ1) is 17.4. The van der Waals surface area contributed by atoms with Crippen LogP contribution in [0.25, 0.3) is 17.0 Å². The molecule has 0 unspecified atom stereocenters. The van der Waals surface area contributed by atoms with Crippen LogP contribution in [-0.4, -0.2) is 20.9 Å². The number of hydrogen-bond donors (Lipinski definition) is 1. The zero-order chi connectivity index (χ0) is 19.2. The lowest BCUT2D eigenvalue weighted by Gasteiger charge is -2.05. The summed E-state index contributed by atoms with van der Waals surface area (Å²) in [5, 5.41) is 3.82. The number of benzene rings is 2. The monoisotopic (exact) mass is 368 g/mol. The molecule has 4 rings (SSSR count). The van der Waals surface area contributed by atoms with Crippen LogP contribution < -0.4 is 10.1 Å². The van der Waals surface area contributed by atoms with Gasteiger partial charge in [0, 0.05) is 35.7 Å². The fourth-order valence-corrected chi connectivity index (χ4v) is 2.66. The Hall–Kier alpha value is -4.06. The molecule has 2 heterocycles. The average Bonchev–Trinajstić information content (AvgIpc) is 2.74. The van der Waals surface area contributed by atoms with E-state index >= 15 is 0 Å². The van der Waals surface area contributed by atoms with Crippen molar-refractivity contribution in [3.8, 4) is 11.8 Å². The summed E-state index contributed by atoms with van der Waals surface area (Å²) in [5.74, 6) is 0.365. The van der Waals surface area contributed by atoms with Gasteiger partial charge < -0.3 is 10.1 Å². The maximum absolute atomic E-state index is 12.2. The molecule has 0 spiro atoms. The van der Waals surface area contributed by atoms with Gasteiger partial charge in [0.1, 0.15) is 5.75 Å². The van der Waals surface area contributed by atoms with Gasteiger partial charge in [-0.1, -0.05) is 18.2 Å². The van der Waals surface area contributed by atoms with Crippen molar-refractivity contribution in [1.29, 1.82) is 0 Å².